The van der Waals surface area contributed by atoms with Crippen molar-refractivity contribution in [2.45, 2.75) is 31.8 Å². The van der Waals surface area contributed by atoms with E-state index in [1.165, 1.54) is 13.2 Å². The number of benzene rings is 2. The number of hydrogen-bond acceptors (Lipinski definition) is 7. The first-order valence-electron chi connectivity index (χ1n) is 13.7. The van der Waals surface area contributed by atoms with E-state index in [0.29, 0.717) is 29.5 Å². The summed E-state index contributed by atoms with van der Waals surface area (Å²) in [5, 5.41) is 15.4. The lowest BCUT2D eigenvalue weighted by Crippen LogP contribution is -2.43. The Hall–Kier alpha value is -3.87. The van der Waals surface area contributed by atoms with Crippen LogP contribution in [0.4, 0.5) is 8.78 Å². The second-order valence-corrected chi connectivity index (χ2v) is 11.8. The van der Waals surface area contributed by atoms with Crippen molar-refractivity contribution < 1.29 is 33.0 Å². The van der Waals surface area contributed by atoms with Gasteiger partial charge in [-0.25, -0.2) is 13.8 Å². The summed E-state index contributed by atoms with van der Waals surface area (Å²) in [5.74, 6) is -3.32. The van der Waals surface area contributed by atoms with Gasteiger partial charge in [-0.05, 0) is 78.0 Å². The van der Waals surface area contributed by atoms with Gasteiger partial charge in [-0.15, -0.1) is 0 Å². The lowest BCUT2D eigenvalue weighted by molar-refractivity contribution is -0.117. The van der Waals surface area contributed by atoms with Crippen LogP contribution in [0, 0.1) is 17.6 Å². The molecular formula is C31H28BrClF2N4O5. The van der Waals surface area contributed by atoms with E-state index in [9.17, 15) is 23.5 Å². The van der Waals surface area contributed by atoms with Gasteiger partial charge in [0, 0.05) is 32.7 Å². The number of hydrogen-bond donors (Lipinski definition) is 3. The van der Waals surface area contributed by atoms with E-state index < -0.39 is 29.0 Å². The third-order valence-corrected chi connectivity index (χ3v) is 8.13. The van der Waals surface area contributed by atoms with Crippen molar-refractivity contribution in [1.82, 2.24) is 15.3 Å². The summed E-state index contributed by atoms with van der Waals surface area (Å²) >= 11 is 9.71. The fraction of sp³-hybridized carbons (Fsp3) is 0.290. The lowest BCUT2D eigenvalue weighted by Gasteiger charge is -2.30. The van der Waals surface area contributed by atoms with E-state index in [1.807, 2.05) is 0 Å². The van der Waals surface area contributed by atoms with Crippen molar-refractivity contribution in [3.05, 3.63) is 80.5 Å². The molecule has 2 aromatic carbocycles. The Morgan fingerprint density at radius 2 is 1.91 bits per heavy atom. The Morgan fingerprint density at radius 1 is 1.18 bits per heavy atom. The highest BCUT2D eigenvalue weighted by Crippen LogP contribution is 2.47. The minimum atomic E-state index is -1.71. The Labute approximate surface area is 264 Å². The number of carbonyl (C=O) groups is 2. The molecule has 2 amide bonds. The zero-order valence-corrected chi connectivity index (χ0v) is 26.1. The van der Waals surface area contributed by atoms with E-state index in [2.05, 4.69) is 31.2 Å². The molecule has 2 aromatic heterocycles. The summed E-state index contributed by atoms with van der Waals surface area (Å²) in [4.78, 5) is 34.5. The first kappa shape index (κ1) is 31.6. The van der Waals surface area contributed by atoms with E-state index in [-0.39, 0.29) is 64.3 Å². The number of methoxy groups -OCH3 is 1. The van der Waals surface area contributed by atoms with Crippen LogP contribution in [0.5, 0.6) is 11.5 Å². The Kier molecular flexibility index (Phi) is 9.05. The minimum Gasteiger partial charge on any atom is -0.494 e. The van der Waals surface area contributed by atoms with E-state index in [4.69, 9.17) is 26.8 Å². The van der Waals surface area contributed by atoms with Crippen molar-refractivity contribution in [2.24, 2.45) is 11.7 Å². The van der Waals surface area contributed by atoms with Crippen LogP contribution in [0.15, 0.2) is 47.1 Å². The number of nitrogens with one attached hydrogen (secondary N) is 1. The molecule has 2 heterocycles. The van der Waals surface area contributed by atoms with Gasteiger partial charge in [-0.3, -0.25) is 14.6 Å². The zero-order chi connectivity index (χ0) is 31.8. The normalized spacial score (nSPS) is 14.2. The van der Waals surface area contributed by atoms with Gasteiger partial charge in [-0.2, -0.15) is 0 Å². The topological polar surface area (TPSA) is 137 Å². The van der Waals surface area contributed by atoms with Crippen LogP contribution in [0.1, 0.15) is 41.4 Å². The van der Waals surface area contributed by atoms with Crippen LogP contribution in [0.2, 0.25) is 5.02 Å². The summed E-state index contributed by atoms with van der Waals surface area (Å²) < 4.78 is 40.3. The van der Waals surface area contributed by atoms with Gasteiger partial charge < -0.3 is 25.6 Å². The molecule has 1 aliphatic rings. The highest BCUT2D eigenvalue weighted by Gasteiger charge is 2.47. The van der Waals surface area contributed by atoms with Gasteiger partial charge in [-0.1, -0.05) is 11.6 Å². The molecule has 0 saturated heterocycles. The van der Waals surface area contributed by atoms with Crippen LogP contribution >= 0.6 is 27.5 Å². The van der Waals surface area contributed by atoms with Crippen LogP contribution in [0.25, 0.3) is 22.2 Å². The third-order valence-electron chi connectivity index (χ3n) is 7.38. The minimum absolute atomic E-state index is 0.00718. The first-order valence-corrected chi connectivity index (χ1v) is 14.9. The molecule has 1 fully saturated rings. The zero-order valence-electron chi connectivity index (χ0n) is 23.7. The quantitative estimate of drug-likeness (QED) is 0.178. The van der Waals surface area contributed by atoms with Crippen molar-refractivity contribution in [3.63, 3.8) is 0 Å². The summed E-state index contributed by atoms with van der Waals surface area (Å²) in [6, 6.07) is 8.18. The summed E-state index contributed by atoms with van der Waals surface area (Å²) in [6.45, 7) is 1.59. The number of aromatic nitrogens is 2. The Balaban J connectivity index is 1.57. The smallest absolute Gasteiger partial charge is 0.251 e. The molecule has 44 heavy (non-hydrogen) atoms. The van der Waals surface area contributed by atoms with Crippen LogP contribution in [-0.4, -0.2) is 47.2 Å². The van der Waals surface area contributed by atoms with Gasteiger partial charge in [0.15, 0.2) is 11.6 Å². The molecule has 5 rings (SSSR count). The molecule has 0 spiro atoms. The molecule has 4 N–H and O–H groups in total. The lowest BCUT2D eigenvalue weighted by atomic mass is 9.90. The molecule has 0 bridgehead atoms. The molecule has 1 atom stereocenters. The van der Waals surface area contributed by atoms with Crippen LogP contribution in [-0.2, 0) is 16.8 Å². The maximum Gasteiger partial charge on any atom is 0.251 e. The molecule has 0 radical (unpaired) electrons. The van der Waals surface area contributed by atoms with Crippen molar-refractivity contribution in [3.8, 4) is 22.8 Å². The second kappa shape index (κ2) is 12.6. The number of rotatable bonds is 11. The maximum absolute atomic E-state index is 14.4. The number of nitrogens with zero attached hydrogens (tertiary/aromatic N) is 2. The standard InChI is InChI=1S/C31H28BrClF2N4O5/c1-3-44-29-16(10-26(36)40)9-25(39-28(29)20-11-22(34)23(35)12-21(20)33)31(42,18-4-5-18)14-38-30(41)17-6-15-7-19(32)13-37-27(15)24(8-17)43-2/h6-9,11-13,18,42H,3-5,10,14H2,1-2H3,(H2,36,40)(H,38,41)/t31-/m1/s1. The number of nitrogens with two attached hydrogens (primary N) is 1. The molecule has 230 valence electrons. The van der Waals surface area contributed by atoms with E-state index >= 15 is 0 Å². The molecule has 13 heteroatoms. The van der Waals surface area contributed by atoms with E-state index in [0.717, 1.165) is 16.6 Å². The molecule has 1 saturated carbocycles. The number of aliphatic hydroxyl groups is 1. The van der Waals surface area contributed by atoms with Gasteiger partial charge >= 0.3 is 0 Å². The largest absolute Gasteiger partial charge is 0.494 e. The molecule has 4 aromatic rings. The predicted octanol–water partition coefficient (Wildman–Crippen LogP) is 5.45. The van der Waals surface area contributed by atoms with Crippen molar-refractivity contribution in [1.29, 1.82) is 0 Å². The monoisotopic (exact) mass is 688 g/mol. The second-order valence-electron chi connectivity index (χ2n) is 10.5. The van der Waals surface area contributed by atoms with Crippen LogP contribution < -0.4 is 20.5 Å². The number of pyridine rings is 2. The van der Waals surface area contributed by atoms with Gasteiger partial charge in [0.1, 0.15) is 28.3 Å². The van der Waals surface area contributed by atoms with E-state index in [1.54, 1.807) is 31.3 Å². The van der Waals surface area contributed by atoms with Crippen molar-refractivity contribution >= 4 is 50.2 Å². The molecule has 9 nitrogen and oxygen atoms in total. The average molecular weight is 690 g/mol. The number of halogens is 4. The first-order chi connectivity index (χ1) is 20.9. The summed E-state index contributed by atoms with van der Waals surface area (Å²) in [5.41, 5.74) is 5.00. The summed E-state index contributed by atoms with van der Waals surface area (Å²) in [7, 11) is 1.48. The number of fused-ring (bicyclic) bond motifs is 1. The summed E-state index contributed by atoms with van der Waals surface area (Å²) in [6.07, 6.45) is 2.60. The van der Waals surface area contributed by atoms with Gasteiger partial charge in [0.25, 0.3) is 5.91 Å². The highest BCUT2D eigenvalue weighted by molar-refractivity contribution is 9.10. The van der Waals surface area contributed by atoms with Crippen molar-refractivity contribution in [2.75, 3.05) is 20.3 Å². The number of primary amides is 1. The van der Waals surface area contributed by atoms with Crippen LogP contribution in [0.3, 0.4) is 0 Å². The fourth-order valence-corrected chi connectivity index (χ4v) is 5.71. The number of ether oxygens (including phenoxy) is 2. The Morgan fingerprint density at radius 3 is 2.57 bits per heavy atom. The Bertz CT molecular complexity index is 1790. The maximum atomic E-state index is 14.4. The highest BCUT2D eigenvalue weighted by atomic mass is 79.9. The van der Waals surface area contributed by atoms with Gasteiger partial charge in [0.2, 0.25) is 5.91 Å². The van der Waals surface area contributed by atoms with Gasteiger partial charge in [0.05, 0.1) is 37.4 Å². The SMILES string of the molecule is CCOc1c(CC(N)=O)cc([C@@](O)(CNC(=O)c2cc(OC)c3ncc(Br)cc3c2)C2CC2)nc1-c1cc(F)c(F)cc1Cl. The molecule has 0 aliphatic heterocycles. The number of carbonyl (C=O) groups excluding carboxylic acids is 2. The average Bonchev–Trinajstić information content (AvgIpc) is 3.84. The third kappa shape index (κ3) is 6.33. The predicted molar refractivity (Wildman–Crippen MR) is 164 cm³/mol. The fourth-order valence-electron chi connectivity index (χ4n) is 5.12. The molecular weight excluding hydrogens is 662 g/mol. The number of amides is 2. The molecule has 0 unspecified atom stereocenters. The molecule has 1 aliphatic carbocycles.